The van der Waals surface area contributed by atoms with Crippen molar-refractivity contribution in [1.29, 1.82) is 0 Å². The average molecular weight is 341 g/mol. The molecular formula is C22H31NO2. The minimum atomic E-state index is -0.0822. The Morgan fingerprint density at radius 3 is 2.16 bits per heavy atom. The first-order valence-corrected chi connectivity index (χ1v) is 10.1. The quantitative estimate of drug-likeness (QED) is 0.766. The number of benzene rings is 1. The number of carbonyl (C=O) groups is 1. The van der Waals surface area contributed by atoms with Crippen molar-refractivity contribution in [3.63, 3.8) is 0 Å². The Morgan fingerprint density at radius 1 is 1.08 bits per heavy atom. The van der Waals surface area contributed by atoms with Gasteiger partial charge in [-0.1, -0.05) is 13.8 Å². The highest BCUT2D eigenvalue weighted by Gasteiger charge is 2.54. The minimum absolute atomic E-state index is 0.0822. The van der Waals surface area contributed by atoms with Crippen molar-refractivity contribution in [3.8, 4) is 5.75 Å². The summed E-state index contributed by atoms with van der Waals surface area (Å²) in [5, 5.41) is 3.21. The number of amides is 1. The Bertz CT molecular complexity index is 584. The molecular weight excluding hydrogens is 310 g/mol. The highest BCUT2D eigenvalue weighted by atomic mass is 16.5. The van der Waals surface area contributed by atoms with Gasteiger partial charge in [-0.05, 0) is 92.9 Å². The predicted octanol–water partition coefficient (Wildman–Crippen LogP) is 5.27. The SMILES string of the molecule is CC(C)CCOc1ccc(NC(=O)C23CC4CC(CC(C4)C2)C3)cc1. The van der Waals surface area contributed by atoms with Crippen molar-refractivity contribution in [3.05, 3.63) is 24.3 Å². The summed E-state index contributed by atoms with van der Waals surface area (Å²) in [4.78, 5) is 13.1. The fourth-order valence-corrected chi connectivity index (χ4v) is 5.70. The Morgan fingerprint density at radius 2 is 1.64 bits per heavy atom. The number of nitrogens with one attached hydrogen (secondary N) is 1. The lowest BCUT2D eigenvalue weighted by atomic mass is 9.49. The van der Waals surface area contributed by atoms with E-state index in [4.69, 9.17) is 4.74 Å². The molecule has 3 heteroatoms. The summed E-state index contributed by atoms with van der Waals surface area (Å²) in [6, 6.07) is 7.89. The van der Waals surface area contributed by atoms with Gasteiger partial charge in [0.05, 0.1) is 12.0 Å². The zero-order chi connectivity index (χ0) is 17.4. The second-order valence-corrected chi connectivity index (χ2v) is 9.21. The molecule has 0 heterocycles. The van der Waals surface area contributed by atoms with Gasteiger partial charge in [0.1, 0.15) is 5.75 Å². The highest BCUT2D eigenvalue weighted by Crippen LogP contribution is 2.60. The fraction of sp³-hybridized carbons (Fsp3) is 0.682. The molecule has 0 radical (unpaired) electrons. The molecule has 0 saturated heterocycles. The van der Waals surface area contributed by atoms with E-state index in [0.717, 1.165) is 61.5 Å². The molecule has 0 aliphatic heterocycles. The largest absolute Gasteiger partial charge is 0.494 e. The van der Waals surface area contributed by atoms with Crippen molar-refractivity contribution in [2.45, 2.75) is 58.8 Å². The van der Waals surface area contributed by atoms with Crippen LogP contribution in [0.1, 0.15) is 58.8 Å². The molecule has 0 aromatic heterocycles. The molecule has 1 aromatic rings. The van der Waals surface area contributed by atoms with Gasteiger partial charge in [0.2, 0.25) is 5.91 Å². The third-order valence-corrected chi connectivity index (χ3v) is 6.60. The molecule has 4 saturated carbocycles. The molecule has 1 N–H and O–H groups in total. The van der Waals surface area contributed by atoms with Crippen molar-refractivity contribution >= 4 is 11.6 Å². The second-order valence-electron chi connectivity index (χ2n) is 9.21. The smallest absolute Gasteiger partial charge is 0.230 e. The van der Waals surface area contributed by atoms with E-state index >= 15 is 0 Å². The molecule has 25 heavy (non-hydrogen) atoms. The fourth-order valence-electron chi connectivity index (χ4n) is 5.70. The van der Waals surface area contributed by atoms with Crippen molar-refractivity contribution in [1.82, 2.24) is 0 Å². The normalized spacial score (nSPS) is 32.8. The summed E-state index contributed by atoms with van der Waals surface area (Å²) in [7, 11) is 0. The second kappa shape index (κ2) is 6.66. The van der Waals surface area contributed by atoms with E-state index in [0.29, 0.717) is 5.92 Å². The van der Waals surface area contributed by atoms with Crippen LogP contribution in [0.2, 0.25) is 0 Å². The summed E-state index contributed by atoms with van der Waals surface area (Å²) in [6.45, 7) is 5.15. The molecule has 0 spiro atoms. The lowest BCUT2D eigenvalue weighted by Gasteiger charge is -2.55. The molecule has 0 unspecified atom stereocenters. The van der Waals surface area contributed by atoms with Crippen LogP contribution in [-0.4, -0.2) is 12.5 Å². The molecule has 1 amide bonds. The lowest BCUT2D eigenvalue weighted by molar-refractivity contribution is -0.140. The summed E-state index contributed by atoms with van der Waals surface area (Å²) < 4.78 is 5.76. The molecule has 4 fully saturated rings. The Hall–Kier alpha value is -1.51. The Labute approximate surface area is 151 Å². The van der Waals surface area contributed by atoms with Crippen molar-refractivity contribution in [2.24, 2.45) is 29.1 Å². The predicted molar refractivity (Wildman–Crippen MR) is 101 cm³/mol. The molecule has 3 nitrogen and oxygen atoms in total. The summed E-state index contributed by atoms with van der Waals surface area (Å²) in [5.41, 5.74) is 0.818. The van der Waals surface area contributed by atoms with E-state index in [1.54, 1.807) is 0 Å². The first-order valence-electron chi connectivity index (χ1n) is 10.1. The van der Waals surface area contributed by atoms with Gasteiger partial charge in [0.15, 0.2) is 0 Å². The van der Waals surface area contributed by atoms with Gasteiger partial charge in [0, 0.05) is 5.69 Å². The Kier molecular flexibility index (Phi) is 4.51. The maximum absolute atomic E-state index is 13.1. The standard InChI is InChI=1S/C22H31NO2/c1-15(2)7-8-25-20-5-3-19(4-6-20)23-21(24)22-12-16-9-17(13-22)11-18(10-16)14-22/h3-6,15-18H,7-14H2,1-2H3,(H,23,24). The summed E-state index contributed by atoms with van der Waals surface area (Å²) >= 11 is 0. The molecule has 4 aliphatic carbocycles. The van der Waals surface area contributed by atoms with Crippen molar-refractivity contribution < 1.29 is 9.53 Å². The maximum Gasteiger partial charge on any atom is 0.230 e. The topological polar surface area (TPSA) is 38.3 Å². The van der Waals surface area contributed by atoms with Gasteiger partial charge in [0.25, 0.3) is 0 Å². The monoisotopic (exact) mass is 341 g/mol. The maximum atomic E-state index is 13.1. The minimum Gasteiger partial charge on any atom is -0.494 e. The highest BCUT2D eigenvalue weighted by molar-refractivity contribution is 5.95. The van der Waals surface area contributed by atoms with Crippen LogP contribution in [0.15, 0.2) is 24.3 Å². The number of rotatable bonds is 6. The molecule has 1 aromatic carbocycles. The van der Waals surface area contributed by atoms with Gasteiger partial charge in [-0.15, -0.1) is 0 Å². The number of hydrogen-bond acceptors (Lipinski definition) is 2. The van der Waals surface area contributed by atoms with Crippen LogP contribution >= 0.6 is 0 Å². The molecule has 4 bridgehead atoms. The van der Waals surface area contributed by atoms with Crippen LogP contribution < -0.4 is 10.1 Å². The van der Waals surface area contributed by atoms with E-state index in [1.165, 1.54) is 19.3 Å². The molecule has 5 rings (SSSR count). The van der Waals surface area contributed by atoms with Crippen molar-refractivity contribution in [2.75, 3.05) is 11.9 Å². The van der Waals surface area contributed by atoms with Gasteiger partial charge in [-0.3, -0.25) is 4.79 Å². The van der Waals surface area contributed by atoms with E-state index in [-0.39, 0.29) is 11.3 Å². The van der Waals surface area contributed by atoms with Crippen LogP contribution in [0.5, 0.6) is 5.75 Å². The third-order valence-electron chi connectivity index (χ3n) is 6.60. The van der Waals surface area contributed by atoms with Crippen LogP contribution in [0.3, 0.4) is 0 Å². The van der Waals surface area contributed by atoms with E-state index in [1.807, 2.05) is 24.3 Å². The van der Waals surface area contributed by atoms with Gasteiger partial charge in [-0.2, -0.15) is 0 Å². The molecule has 0 atom stereocenters. The Balaban J connectivity index is 1.36. The van der Waals surface area contributed by atoms with E-state index in [2.05, 4.69) is 19.2 Å². The van der Waals surface area contributed by atoms with Gasteiger partial charge >= 0.3 is 0 Å². The number of ether oxygens (including phenoxy) is 1. The van der Waals surface area contributed by atoms with E-state index in [9.17, 15) is 4.79 Å². The van der Waals surface area contributed by atoms with Crippen LogP contribution in [0.25, 0.3) is 0 Å². The van der Waals surface area contributed by atoms with Crippen LogP contribution in [0, 0.1) is 29.1 Å². The van der Waals surface area contributed by atoms with Crippen LogP contribution in [-0.2, 0) is 4.79 Å². The average Bonchev–Trinajstić information content (AvgIpc) is 2.55. The molecule has 4 aliphatic rings. The first kappa shape index (κ1) is 16.9. The number of hydrogen-bond donors (Lipinski definition) is 1. The number of carbonyl (C=O) groups excluding carboxylic acids is 1. The zero-order valence-corrected chi connectivity index (χ0v) is 15.6. The molecule has 136 valence electrons. The summed E-state index contributed by atoms with van der Waals surface area (Å²) in [6.07, 6.45) is 8.51. The first-order chi connectivity index (χ1) is 12.0. The lowest BCUT2D eigenvalue weighted by Crippen LogP contribution is -2.51. The van der Waals surface area contributed by atoms with E-state index < -0.39 is 0 Å². The number of anilines is 1. The summed E-state index contributed by atoms with van der Waals surface area (Å²) in [5.74, 6) is 4.20. The zero-order valence-electron chi connectivity index (χ0n) is 15.6. The van der Waals surface area contributed by atoms with Gasteiger partial charge in [-0.25, -0.2) is 0 Å². The van der Waals surface area contributed by atoms with Crippen LogP contribution in [0.4, 0.5) is 5.69 Å². The van der Waals surface area contributed by atoms with Gasteiger partial charge < -0.3 is 10.1 Å². The third kappa shape index (κ3) is 3.56.